The molecule has 0 saturated carbocycles. The lowest BCUT2D eigenvalue weighted by Gasteiger charge is -2.02. The average molecular weight is 346 g/mol. The van der Waals surface area contributed by atoms with Gasteiger partial charge in [0.1, 0.15) is 0 Å². The molecule has 0 aliphatic rings. The van der Waals surface area contributed by atoms with Crippen molar-refractivity contribution < 1.29 is 18.9 Å². The lowest BCUT2D eigenvalue weighted by Crippen LogP contribution is -1.82. The van der Waals surface area contributed by atoms with E-state index in [1.54, 1.807) is 6.08 Å². The molecule has 0 saturated heterocycles. The normalized spacial score (nSPS) is 12.5. The molecule has 0 bridgehead atoms. The van der Waals surface area contributed by atoms with E-state index in [1.807, 2.05) is 6.08 Å². The van der Waals surface area contributed by atoms with Crippen molar-refractivity contribution in [1.82, 2.24) is 0 Å². The minimum Gasteiger partial charge on any atom is -0.412 e. The van der Waals surface area contributed by atoms with E-state index in [2.05, 4.69) is 11.4 Å². The van der Waals surface area contributed by atoms with Crippen molar-refractivity contribution in [2.24, 2.45) is 0 Å². The summed E-state index contributed by atoms with van der Waals surface area (Å²) in [6, 6.07) is 0. The average Bonchev–Trinajstić information content (AvgIpc) is 2.49. The van der Waals surface area contributed by atoms with Crippen molar-refractivity contribution in [2.75, 3.05) is 0 Å². The highest BCUT2D eigenvalue weighted by atomic mass is 31.2. The second-order valence-corrected chi connectivity index (χ2v) is 7.22. The van der Waals surface area contributed by atoms with Crippen molar-refractivity contribution in [3.8, 4) is 0 Å². The predicted octanol–water partition coefficient (Wildman–Crippen LogP) is 6.26. The van der Waals surface area contributed by atoms with Crippen LogP contribution < -0.4 is 0 Å². The molecular formula is C18H35O4P. The van der Waals surface area contributed by atoms with E-state index in [1.165, 1.54) is 83.1 Å². The van der Waals surface area contributed by atoms with Gasteiger partial charge in [-0.15, -0.1) is 0 Å². The fourth-order valence-electron chi connectivity index (χ4n) is 2.44. The summed E-state index contributed by atoms with van der Waals surface area (Å²) in [5.41, 5.74) is 0. The first-order chi connectivity index (χ1) is 11.1. The van der Waals surface area contributed by atoms with Crippen molar-refractivity contribution in [2.45, 2.75) is 90.4 Å². The molecule has 0 aromatic rings. The summed E-state index contributed by atoms with van der Waals surface area (Å²) in [6.07, 6.45) is 23.4. The van der Waals surface area contributed by atoms with Gasteiger partial charge in [-0.2, -0.15) is 0 Å². The van der Waals surface area contributed by atoms with Gasteiger partial charge in [0, 0.05) is 0 Å². The van der Waals surface area contributed by atoms with Crippen LogP contribution in [0.2, 0.25) is 0 Å². The van der Waals surface area contributed by atoms with Crippen LogP contribution in [0, 0.1) is 0 Å². The van der Waals surface area contributed by atoms with Crippen LogP contribution >= 0.6 is 7.82 Å². The van der Waals surface area contributed by atoms with Crippen LogP contribution in [0.4, 0.5) is 0 Å². The Morgan fingerprint density at radius 3 is 1.74 bits per heavy atom. The van der Waals surface area contributed by atoms with Crippen LogP contribution in [0.5, 0.6) is 0 Å². The molecular weight excluding hydrogens is 311 g/mol. The number of phosphoric ester groups is 1. The van der Waals surface area contributed by atoms with Crippen LogP contribution in [0.15, 0.2) is 24.5 Å². The monoisotopic (exact) mass is 346 g/mol. The van der Waals surface area contributed by atoms with Gasteiger partial charge in [-0.25, -0.2) is 4.57 Å². The summed E-state index contributed by atoms with van der Waals surface area (Å²) >= 11 is 0. The number of phosphoric acid groups is 1. The standard InChI is InChI=1S/C18H35O4P/c1-2-3-4-5-6-7-8-9-10-11-12-13-14-15-16-17-18-22-23(19,20)21/h15-18H,2-14H2,1H3,(H2,19,20,21). The van der Waals surface area contributed by atoms with Gasteiger partial charge in [0.2, 0.25) is 0 Å². The molecule has 0 spiro atoms. The first-order valence-electron chi connectivity index (χ1n) is 9.12. The number of hydrogen-bond acceptors (Lipinski definition) is 2. The van der Waals surface area contributed by atoms with Crippen LogP contribution in [-0.2, 0) is 9.09 Å². The maximum absolute atomic E-state index is 10.4. The van der Waals surface area contributed by atoms with Gasteiger partial charge in [-0.05, 0) is 18.9 Å². The smallest absolute Gasteiger partial charge is 0.412 e. The minimum absolute atomic E-state index is 0.998. The third-order valence-corrected chi connectivity index (χ3v) is 4.14. The Balaban J connectivity index is 3.20. The number of rotatable bonds is 16. The number of unbranched alkanes of at least 4 members (excludes halogenated alkanes) is 12. The molecule has 0 amide bonds. The SMILES string of the molecule is CCCCCCCCCCCCCCC=CC=COP(=O)(O)O. The maximum Gasteiger partial charge on any atom is 0.524 e. The van der Waals surface area contributed by atoms with Gasteiger partial charge >= 0.3 is 7.82 Å². The molecule has 0 unspecified atom stereocenters. The highest BCUT2D eigenvalue weighted by Crippen LogP contribution is 2.35. The van der Waals surface area contributed by atoms with Crippen LogP contribution in [0.1, 0.15) is 90.4 Å². The topological polar surface area (TPSA) is 66.8 Å². The second kappa shape index (κ2) is 16.3. The van der Waals surface area contributed by atoms with E-state index in [-0.39, 0.29) is 0 Å². The Kier molecular flexibility index (Phi) is 15.9. The fourth-order valence-corrected chi connectivity index (χ4v) is 2.67. The zero-order chi connectivity index (χ0) is 17.2. The molecule has 0 heterocycles. The summed E-state index contributed by atoms with van der Waals surface area (Å²) in [6.45, 7) is 2.26. The molecule has 5 heteroatoms. The van der Waals surface area contributed by atoms with E-state index >= 15 is 0 Å². The Morgan fingerprint density at radius 2 is 1.26 bits per heavy atom. The van der Waals surface area contributed by atoms with Crippen LogP contribution in [0.25, 0.3) is 0 Å². The highest BCUT2D eigenvalue weighted by Gasteiger charge is 2.10. The van der Waals surface area contributed by atoms with Gasteiger partial charge in [0.25, 0.3) is 0 Å². The molecule has 0 aliphatic carbocycles. The summed E-state index contributed by atoms with van der Waals surface area (Å²) in [5, 5.41) is 0. The van der Waals surface area contributed by atoms with Gasteiger partial charge in [0.05, 0.1) is 6.26 Å². The van der Waals surface area contributed by atoms with Crippen molar-refractivity contribution >= 4 is 7.82 Å². The minimum atomic E-state index is -4.38. The van der Waals surface area contributed by atoms with Crippen LogP contribution in [0.3, 0.4) is 0 Å². The molecule has 2 N–H and O–H groups in total. The van der Waals surface area contributed by atoms with E-state index in [4.69, 9.17) is 9.79 Å². The molecule has 0 radical (unpaired) electrons. The van der Waals surface area contributed by atoms with Crippen molar-refractivity contribution in [1.29, 1.82) is 0 Å². The first kappa shape index (κ1) is 22.4. The second-order valence-electron chi connectivity index (χ2n) is 6.03. The number of allylic oxidation sites excluding steroid dienone is 3. The fraction of sp³-hybridized carbons (Fsp3) is 0.778. The quantitative estimate of drug-likeness (QED) is 0.150. The lowest BCUT2D eigenvalue weighted by molar-refractivity contribution is 0.258. The first-order valence-corrected chi connectivity index (χ1v) is 10.6. The highest BCUT2D eigenvalue weighted by molar-refractivity contribution is 7.46. The Hall–Kier alpha value is -0.570. The molecule has 4 nitrogen and oxygen atoms in total. The maximum atomic E-state index is 10.4. The summed E-state index contributed by atoms with van der Waals surface area (Å²) in [4.78, 5) is 16.9. The molecule has 23 heavy (non-hydrogen) atoms. The van der Waals surface area contributed by atoms with E-state index < -0.39 is 7.82 Å². The van der Waals surface area contributed by atoms with Crippen molar-refractivity contribution in [3.05, 3.63) is 24.5 Å². The third-order valence-electron chi connectivity index (χ3n) is 3.75. The lowest BCUT2D eigenvalue weighted by atomic mass is 10.0. The summed E-state index contributed by atoms with van der Waals surface area (Å²) < 4.78 is 14.6. The van der Waals surface area contributed by atoms with Gasteiger partial charge in [-0.3, -0.25) is 9.79 Å². The van der Waals surface area contributed by atoms with E-state index in [0.29, 0.717) is 0 Å². The molecule has 136 valence electrons. The number of hydrogen-bond donors (Lipinski definition) is 2. The third kappa shape index (κ3) is 21.4. The zero-order valence-electron chi connectivity index (χ0n) is 14.7. The summed E-state index contributed by atoms with van der Waals surface area (Å²) in [7, 11) is -4.38. The van der Waals surface area contributed by atoms with E-state index in [0.717, 1.165) is 12.7 Å². The zero-order valence-corrected chi connectivity index (χ0v) is 15.6. The molecule has 0 fully saturated rings. The molecule has 0 aliphatic heterocycles. The molecule has 0 aromatic carbocycles. The van der Waals surface area contributed by atoms with Gasteiger partial charge in [0.15, 0.2) is 0 Å². The molecule has 0 atom stereocenters. The largest absolute Gasteiger partial charge is 0.524 e. The Bertz CT molecular complexity index is 347. The Morgan fingerprint density at radius 1 is 0.783 bits per heavy atom. The molecule has 0 aromatic heterocycles. The van der Waals surface area contributed by atoms with Crippen molar-refractivity contribution in [3.63, 3.8) is 0 Å². The van der Waals surface area contributed by atoms with Gasteiger partial charge < -0.3 is 4.52 Å². The molecule has 0 rings (SSSR count). The summed E-state index contributed by atoms with van der Waals surface area (Å²) in [5.74, 6) is 0. The van der Waals surface area contributed by atoms with Gasteiger partial charge in [-0.1, -0.05) is 89.7 Å². The predicted molar refractivity (Wildman–Crippen MR) is 97.1 cm³/mol. The Labute approximate surface area is 142 Å². The van der Waals surface area contributed by atoms with E-state index in [9.17, 15) is 4.57 Å². The van der Waals surface area contributed by atoms with Crippen LogP contribution in [-0.4, -0.2) is 9.79 Å².